The van der Waals surface area contributed by atoms with E-state index in [1.165, 1.54) is 0 Å². The van der Waals surface area contributed by atoms with Crippen LogP contribution in [0.25, 0.3) is 0 Å². The molecule has 8 heteroatoms. The van der Waals surface area contributed by atoms with Crippen LogP contribution >= 0.6 is 23.1 Å². The number of nitrogens with zero attached hydrogens (tertiary/aromatic N) is 3. The van der Waals surface area contributed by atoms with E-state index in [0.29, 0.717) is 27.0 Å². The summed E-state index contributed by atoms with van der Waals surface area (Å²) in [5, 5.41) is 6.71. The highest BCUT2D eigenvalue weighted by atomic mass is 35.5. The number of aromatic nitrogens is 3. The number of nitrogens with one attached hydrogen (secondary N) is 1. The van der Waals surface area contributed by atoms with Crippen LogP contribution in [0.1, 0.15) is 21.6 Å². The fraction of sp³-hybridized carbons (Fsp3) is 0.125. The number of hydrogen-bond acceptors (Lipinski definition) is 6. The quantitative estimate of drug-likeness (QED) is 0.750. The summed E-state index contributed by atoms with van der Waals surface area (Å²) >= 11 is 7.06. The highest BCUT2D eigenvalue weighted by Crippen LogP contribution is 2.24. The van der Waals surface area contributed by atoms with Crippen molar-refractivity contribution in [2.24, 2.45) is 0 Å². The van der Waals surface area contributed by atoms with Crippen molar-refractivity contribution in [1.82, 2.24) is 14.6 Å². The van der Waals surface area contributed by atoms with E-state index in [1.54, 1.807) is 36.7 Å². The Bertz CT molecular complexity index is 854. The van der Waals surface area contributed by atoms with Crippen LogP contribution in [-0.4, -0.2) is 20.5 Å². The van der Waals surface area contributed by atoms with Gasteiger partial charge in [0.25, 0.3) is 5.91 Å². The molecule has 0 spiro atoms. The standard InChI is InChI=1S/C16H13ClN4O2S/c1-10-2-3-14(23-9-13-15(17)24-21-20-13)12(8-10)16(22)19-11-4-6-18-7-5-11/h2-8H,9H2,1H3,(H,18,19,22). The number of ether oxygens (including phenoxy) is 1. The third-order valence-corrected chi connectivity index (χ3v) is 4.18. The number of carbonyl (C=O) groups excluding carboxylic acids is 1. The molecule has 3 aromatic rings. The monoisotopic (exact) mass is 360 g/mol. The first kappa shape index (κ1) is 16.4. The average molecular weight is 361 g/mol. The van der Waals surface area contributed by atoms with Gasteiger partial charge in [-0.05, 0) is 31.2 Å². The van der Waals surface area contributed by atoms with Crippen molar-refractivity contribution >= 4 is 34.7 Å². The fourth-order valence-electron chi connectivity index (χ4n) is 2.01. The van der Waals surface area contributed by atoms with Crippen LogP contribution in [0, 0.1) is 6.92 Å². The van der Waals surface area contributed by atoms with Crippen LogP contribution in [0.15, 0.2) is 42.7 Å². The maximum Gasteiger partial charge on any atom is 0.259 e. The summed E-state index contributed by atoms with van der Waals surface area (Å²) in [5.41, 5.74) is 2.60. The Labute approximate surface area is 147 Å². The van der Waals surface area contributed by atoms with Gasteiger partial charge in [-0.3, -0.25) is 9.78 Å². The molecule has 0 unspecified atom stereocenters. The number of anilines is 1. The number of halogens is 1. The van der Waals surface area contributed by atoms with Crippen molar-refractivity contribution in [2.75, 3.05) is 5.32 Å². The summed E-state index contributed by atoms with van der Waals surface area (Å²) in [6.07, 6.45) is 3.22. The molecule has 0 fully saturated rings. The SMILES string of the molecule is Cc1ccc(OCc2nnsc2Cl)c(C(=O)Nc2ccncc2)c1. The molecule has 0 saturated heterocycles. The highest BCUT2D eigenvalue weighted by Gasteiger charge is 2.15. The van der Waals surface area contributed by atoms with E-state index >= 15 is 0 Å². The molecule has 24 heavy (non-hydrogen) atoms. The van der Waals surface area contributed by atoms with Gasteiger partial charge in [0, 0.05) is 29.6 Å². The lowest BCUT2D eigenvalue weighted by molar-refractivity contribution is 0.102. The van der Waals surface area contributed by atoms with Crippen LogP contribution < -0.4 is 10.1 Å². The van der Waals surface area contributed by atoms with E-state index in [-0.39, 0.29) is 12.5 Å². The maximum atomic E-state index is 12.6. The summed E-state index contributed by atoms with van der Waals surface area (Å²) in [6, 6.07) is 8.83. The zero-order valence-corrected chi connectivity index (χ0v) is 14.3. The first-order chi connectivity index (χ1) is 11.6. The Kier molecular flexibility index (Phi) is 5.02. The minimum Gasteiger partial charge on any atom is -0.486 e. The molecule has 1 aromatic carbocycles. The van der Waals surface area contributed by atoms with Gasteiger partial charge in [-0.2, -0.15) is 0 Å². The van der Waals surface area contributed by atoms with E-state index in [9.17, 15) is 4.79 Å². The van der Waals surface area contributed by atoms with Gasteiger partial charge in [0.1, 0.15) is 22.4 Å². The zero-order chi connectivity index (χ0) is 16.9. The minimum absolute atomic E-state index is 0.147. The molecule has 1 N–H and O–H groups in total. The molecule has 6 nitrogen and oxygen atoms in total. The number of pyridine rings is 1. The van der Waals surface area contributed by atoms with Crippen molar-refractivity contribution in [3.8, 4) is 5.75 Å². The number of rotatable bonds is 5. The zero-order valence-electron chi connectivity index (χ0n) is 12.7. The summed E-state index contributed by atoms with van der Waals surface area (Å²) < 4.78 is 9.96. The minimum atomic E-state index is -0.262. The lowest BCUT2D eigenvalue weighted by Crippen LogP contribution is -2.14. The largest absolute Gasteiger partial charge is 0.486 e. The van der Waals surface area contributed by atoms with Gasteiger partial charge < -0.3 is 10.1 Å². The molecule has 0 aliphatic heterocycles. The summed E-state index contributed by atoms with van der Waals surface area (Å²) in [6.45, 7) is 2.06. The Morgan fingerprint density at radius 1 is 1.29 bits per heavy atom. The Morgan fingerprint density at radius 2 is 2.08 bits per heavy atom. The van der Waals surface area contributed by atoms with Crippen LogP contribution in [-0.2, 0) is 6.61 Å². The van der Waals surface area contributed by atoms with E-state index in [2.05, 4.69) is 19.9 Å². The first-order valence-electron chi connectivity index (χ1n) is 7.05. The molecule has 2 aromatic heterocycles. The molecule has 1 amide bonds. The molecular formula is C16H13ClN4O2S. The Morgan fingerprint density at radius 3 is 2.79 bits per heavy atom. The normalized spacial score (nSPS) is 10.4. The Hall–Kier alpha value is -2.51. The lowest BCUT2D eigenvalue weighted by atomic mass is 10.1. The second kappa shape index (κ2) is 7.37. The van der Waals surface area contributed by atoms with Crippen LogP contribution in [0.4, 0.5) is 5.69 Å². The molecule has 0 bridgehead atoms. The number of benzene rings is 1. The second-order valence-corrected chi connectivity index (χ2v) is 6.33. The van der Waals surface area contributed by atoms with Crippen molar-refractivity contribution in [1.29, 1.82) is 0 Å². The second-order valence-electron chi connectivity index (χ2n) is 4.97. The topological polar surface area (TPSA) is 77.0 Å². The van der Waals surface area contributed by atoms with Gasteiger partial charge in [0.05, 0.1) is 5.56 Å². The molecular weight excluding hydrogens is 348 g/mol. The number of hydrogen-bond donors (Lipinski definition) is 1. The van der Waals surface area contributed by atoms with Crippen LogP contribution in [0.3, 0.4) is 0 Å². The van der Waals surface area contributed by atoms with Crippen molar-refractivity contribution < 1.29 is 9.53 Å². The van der Waals surface area contributed by atoms with Gasteiger partial charge in [-0.1, -0.05) is 27.7 Å². The number of amides is 1. The molecule has 0 radical (unpaired) electrons. The van der Waals surface area contributed by atoms with Gasteiger partial charge >= 0.3 is 0 Å². The van der Waals surface area contributed by atoms with E-state index in [4.69, 9.17) is 16.3 Å². The maximum absolute atomic E-state index is 12.6. The predicted octanol–water partition coefficient (Wildman–Crippen LogP) is 3.73. The van der Waals surface area contributed by atoms with Crippen molar-refractivity contribution in [3.05, 3.63) is 63.9 Å². The summed E-state index contributed by atoms with van der Waals surface area (Å²) in [4.78, 5) is 16.5. The third kappa shape index (κ3) is 3.87. The first-order valence-corrected chi connectivity index (χ1v) is 8.20. The van der Waals surface area contributed by atoms with E-state index in [1.807, 2.05) is 13.0 Å². The number of aryl methyl sites for hydroxylation is 1. The van der Waals surface area contributed by atoms with Crippen molar-refractivity contribution in [3.63, 3.8) is 0 Å². The third-order valence-electron chi connectivity index (χ3n) is 3.19. The average Bonchev–Trinajstić information content (AvgIpc) is 2.99. The molecule has 0 atom stereocenters. The molecule has 3 rings (SSSR count). The van der Waals surface area contributed by atoms with Gasteiger partial charge in [0.15, 0.2) is 0 Å². The summed E-state index contributed by atoms with van der Waals surface area (Å²) in [7, 11) is 0. The smallest absolute Gasteiger partial charge is 0.259 e. The fourth-order valence-corrected chi connectivity index (χ4v) is 2.61. The molecule has 0 aliphatic rings. The molecule has 2 heterocycles. The van der Waals surface area contributed by atoms with Gasteiger partial charge in [-0.15, -0.1) is 5.10 Å². The summed E-state index contributed by atoms with van der Waals surface area (Å²) in [5.74, 6) is 0.193. The van der Waals surface area contributed by atoms with E-state index < -0.39 is 0 Å². The van der Waals surface area contributed by atoms with Gasteiger partial charge in [-0.25, -0.2) is 0 Å². The highest BCUT2D eigenvalue weighted by molar-refractivity contribution is 7.10. The molecule has 122 valence electrons. The molecule has 0 aliphatic carbocycles. The predicted molar refractivity (Wildman–Crippen MR) is 92.6 cm³/mol. The van der Waals surface area contributed by atoms with Crippen LogP contribution in [0.5, 0.6) is 5.75 Å². The molecule has 0 saturated carbocycles. The van der Waals surface area contributed by atoms with Gasteiger partial charge in [0.2, 0.25) is 0 Å². The number of carbonyl (C=O) groups is 1. The lowest BCUT2D eigenvalue weighted by Gasteiger charge is -2.12. The van der Waals surface area contributed by atoms with E-state index in [0.717, 1.165) is 17.1 Å². The van der Waals surface area contributed by atoms with Crippen molar-refractivity contribution in [2.45, 2.75) is 13.5 Å². The Balaban J connectivity index is 1.80. The van der Waals surface area contributed by atoms with Crippen LogP contribution in [0.2, 0.25) is 4.34 Å².